The number of carboxylic acid groups (broad SMARTS) is 1. The molecule has 3 unspecified atom stereocenters. The van der Waals surface area contributed by atoms with Gasteiger partial charge in [-0.1, -0.05) is 0 Å². The van der Waals surface area contributed by atoms with E-state index in [9.17, 15) is 27.6 Å². The summed E-state index contributed by atoms with van der Waals surface area (Å²) in [5, 5.41) is 11.0. The van der Waals surface area contributed by atoms with Gasteiger partial charge < -0.3 is 30.7 Å². The number of hydrogen-bond acceptors (Lipinski definition) is 7. The monoisotopic (exact) mass is 474 g/mol. The van der Waals surface area contributed by atoms with E-state index < -0.39 is 47.8 Å². The average Bonchev–Trinajstić information content (AvgIpc) is 3.11. The van der Waals surface area contributed by atoms with Crippen molar-refractivity contribution in [3.05, 3.63) is 18.0 Å². The fraction of sp³-hybridized carbons (Fsp3) is 0.632. The number of anilines is 1. The molecule has 1 aromatic rings. The number of nitrogens with two attached hydrogens (primary N) is 1. The first-order valence-corrected chi connectivity index (χ1v) is 10.3. The van der Waals surface area contributed by atoms with Gasteiger partial charge in [-0.05, 0) is 13.3 Å². The number of likely N-dealkylation sites (tertiary alicyclic amines) is 1. The normalized spacial score (nSPS) is 24.6. The van der Waals surface area contributed by atoms with Crippen molar-refractivity contribution in [2.45, 2.75) is 44.1 Å². The van der Waals surface area contributed by atoms with Gasteiger partial charge in [0.25, 0.3) is 5.91 Å². The third kappa shape index (κ3) is 5.80. The van der Waals surface area contributed by atoms with Gasteiger partial charge in [0.1, 0.15) is 6.10 Å². The molecular weight excluding hydrogens is 449 g/mol. The lowest BCUT2D eigenvalue weighted by atomic mass is 9.90. The van der Waals surface area contributed by atoms with Crippen LogP contribution in [0.1, 0.15) is 25.3 Å². The Morgan fingerprint density at radius 3 is 2.55 bits per heavy atom. The number of nitrogens with one attached hydrogen (secondary N) is 1. The number of piperidine rings is 1. The van der Waals surface area contributed by atoms with Crippen molar-refractivity contribution in [1.82, 2.24) is 20.2 Å². The summed E-state index contributed by atoms with van der Waals surface area (Å²) >= 11 is 0. The van der Waals surface area contributed by atoms with Crippen molar-refractivity contribution in [3.8, 4) is 0 Å². The second-order valence-electron chi connectivity index (χ2n) is 8.07. The van der Waals surface area contributed by atoms with Gasteiger partial charge in [-0.3, -0.25) is 9.59 Å². The summed E-state index contributed by atoms with van der Waals surface area (Å²) in [6, 6.07) is -1.00. The first kappa shape index (κ1) is 24.5. The Kier molecular flexibility index (Phi) is 7.25. The number of rotatable bonds is 7. The third-order valence-electron chi connectivity index (χ3n) is 5.70. The first-order valence-electron chi connectivity index (χ1n) is 10.3. The lowest BCUT2D eigenvalue weighted by Crippen LogP contribution is -2.56. The van der Waals surface area contributed by atoms with Crippen LogP contribution in [0.4, 0.5) is 23.9 Å². The van der Waals surface area contributed by atoms with Crippen LogP contribution in [-0.2, 0) is 20.5 Å². The summed E-state index contributed by atoms with van der Waals surface area (Å²) in [4.78, 5) is 46.3. The van der Waals surface area contributed by atoms with Crippen molar-refractivity contribution in [2.75, 3.05) is 31.1 Å². The SMILES string of the molecule is CC(CO[C@@H]1CCN(C2CCN(c3ncc(C(F)(F)F)cn3)CC2C(N)=O)C1=O)NC(=O)O. The van der Waals surface area contributed by atoms with E-state index in [0.717, 1.165) is 0 Å². The van der Waals surface area contributed by atoms with Crippen molar-refractivity contribution in [1.29, 1.82) is 0 Å². The van der Waals surface area contributed by atoms with Crippen LogP contribution in [0, 0.1) is 5.92 Å². The minimum Gasteiger partial charge on any atom is -0.465 e. The summed E-state index contributed by atoms with van der Waals surface area (Å²) in [6.45, 7) is 2.33. The summed E-state index contributed by atoms with van der Waals surface area (Å²) < 4.78 is 43.8. The fourth-order valence-electron chi connectivity index (χ4n) is 4.08. The van der Waals surface area contributed by atoms with E-state index in [1.165, 1.54) is 0 Å². The van der Waals surface area contributed by atoms with Crippen molar-refractivity contribution in [2.24, 2.45) is 11.7 Å². The molecule has 33 heavy (non-hydrogen) atoms. The summed E-state index contributed by atoms with van der Waals surface area (Å²) in [5.74, 6) is -1.69. The highest BCUT2D eigenvalue weighted by atomic mass is 19.4. The number of primary amides is 1. The van der Waals surface area contributed by atoms with Crippen LogP contribution < -0.4 is 16.0 Å². The summed E-state index contributed by atoms with van der Waals surface area (Å²) in [5.41, 5.74) is 4.61. The zero-order chi connectivity index (χ0) is 24.3. The highest BCUT2D eigenvalue weighted by Crippen LogP contribution is 2.31. The molecule has 0 aromatic carbocycles. The molecule has 3 rings (SSSR count). The second kappa shape index (κ2) is 9.77. The van der Waals surface area contributed by atoms with Crippen LogP contribution in [0.3, 0.4) is 0 Å². The molecule has 4 atom stereocenters. The minimum absolute atomic E-state index is 0.0134. The number of carbonyl (C=O) groups excluding carboxylic acids is 2. The van der Waals surface area contributed by atoms with E-state index in [2.05, 4.69) is 15.3 Å². The summed E-state index contributed by atoms with van der Waals surface area (Å²) in [6.07, 6.45) is -4.43. The Hall–Kier alpha value is -3.16. The molecule has 2 fully saturated rings. The Labute approximate surface area is 187 Å². The molecule has 0 radical (unpaired) electrons. The smallest absolute Gasteiger partial charge is 0.419 e. The zero-order valence-electron chi connectivity index (χ0n) is 17.8. The third-order valence-corrected chi connectivity index (χ3v) is 5.70. The number of hydrogen-bond donors (Lipinski definition) is 3. The van der Waals surface area contributed by atoms with Crippen LogP contribution in [0.15, 0.2) is 12.4 Å². The van der Waals surface area contributed by atoms with E-state index in [4.69, 9.17) is 15.6 Å². The second-order valence-corrected chi connectivity index (χ2v) is 8.07. The Bertz CT molecular complexity index is 884. The van der Waals surface area contributed by atoms with Crippen LogP contribution >= 0.6 is 0 Å². The lowest BCUT2D eigenvalue weighted by molar-refractivity contribution is -0.142. The molecule has 3 heterocycles. The standard InChI is InChI=1S/C19H25F3N6O5/c1-10(26-18(31)32)9-33-14-3-5-28(16(14)30)13-2-4-27(8-12(13)15(23)29)17-24-6-11(7-25-17)19(20,21)22/h6-7,10,12-14,26H,2-5,8-9H2,1H3,(H2,23,29)(H,31,32)/t10?,12?,13?,14-/m1/s1. The van der Waals surface area contributed by atoms with E-state index in [1.54, 1.807) is 16.7 Å². The number of ether oxygens (including phenoxy) is 1. The van der Waals surface area contributed by atoms with E-state index in [0.29, 0.717) is 38.3 Å². The Morgan fingerprint density at radius 1 is 1.30 bits per heavy atom. The maximum atomic E-state index is 12.9. The van der Waals surface area contributed by atoms with Gasteiger partial charge in [-0.25, -0.2) is 14.8 Å². The van der Waals surface area contributed by atoms with E-state index >= 15 is 0 Å². The Morgan fingerprint density at radius 2 is 1.97 bits per heavy atom. The molecule has 3 amide bonds. The number of halogens is 3. The van der Waals surface area contributed by atoms with E-state index in [-0.39, 0.29) is 25.0 Å². The van der Waals surface area contributed by atoms with Gasteiger partial charge in [-0.2, -0.15) is 13.2 Å². The van der Waals surface area contributed by atoms with E-state index in [1.807, 2.05) is 0 Å². The number of carbonyl (C=O) groups is 3. The minimum atomic E-state index is -4.56. The maximum Gasteiger partial charge on any atom is 0.419 e. The van der Waals surface area contributed by atoms with Gasteiger partial charge in [0.05, 0.1) is 24.1 Å². The Balaban J connectivity index is 1.63. The van der Waals surface area contributed by atoms with Gasteiger partial charge in [0, 0.05) is 44.5 Å². The topological polar surface area (TPSA) is 151 Å². The molecule has 1 aromatic heterocycles. The van der Waals surface area contributed by atoms with Crippen LogP contribution in [0.5, 0.6) is 0 Å². The predicted molar refractivity (Wildman–Crippen MR) is 107 cm³/mol. The average molecular weight is 474 g/mol. The zero-order valence-corrected chi connectivity index (χ0v) is 17.8. The molecule has 2 aliphatic heterocycles. The molecule has 0 saturated carbocycles. The molecular formula is C19H25F3N6O5. The van der Waals surface area contributed by atoms with Crippen molar-refractivity contribution < 1.29 is 37.4 Å². The number of nitrogens with zero attached hydrogens (tertiary/aromatic N) is 4. The first-order chi connectivity index (χ1) is 15.5. The van der Waals surface area contributed by atoms with Crippen LogP contribution in [0.25, 0.3) is 0 Å². The lowest BCUT2D eigenvalue weighted by Gasteiger charge is -2.41. The number of aromatic nitrogens is 2. The maximum absolute atomic E-state index is 12.9. The molecule has 182 valence electrons. The molecule has 0 bridgehead atoms. The van der Waals surface area contributed by atoms with Gasteiger partial charge >= 0.3 is 12.3 Å². The largest absolute Gasteiger partial charge is 0.465 e. The predicted octanol–water partition coefficient (Wildman–Crippen LogP) is 0.449. The van der Waals surface area contributed by atoms with Gasteiger partial charge in [0.2, 0.25) is 11.9 Å². The highest BCUT2D eigenvalue weighted by Gasteiger charge is 2.44. The number of amides is 3. The van der Waals surface area contributed by atoms with Crippen LogP contribution in [-0.4, -0.2) is 82.3 Å². The van der Waals surface area contributed by atoms with Gasteiger partial charge in [0.15, 0.2) is 0 Å². The molecule has 14 heteroatoms. The molecule has 0 spiro atoms. The van der Waals surface area contributed by atoms with Crippen LogP contribution in [0.2, 0.25) is 0 Å². The molecule has 4 N–H and O–H groups in total. The molecule has 11 nitrogen and oxygen atoms in total. The summed E-state index contributed by atoms with van der Waals surface area (Å²) in [7, 11) is 0. The molecule has 2 aliphatic rings. The highest BCUT2D eigenvalue weighted by molar-refractivity contribution is 5.85. The number of alkyl halides is 3. The van der Waals surface area contributed by atoms with Crippen molar-refractivity contribution in [3.63, 3.8) is 0 Å². The van der Waals surface area contributed by atoms with Gasteiger partial charge in [-0.15, -0.1) is 0 Å². The quantitative estimate of drug-likeness (QED) is 0.515. The fourth-order valence-corrected chi connectivity index (χ4v) is 4.08. The van der Waals surface area contributed by atoms with Crippen molar-refractivity contribution >= 4 is 23.9 Å². The molecule has 2 saturated heterocycles. The molecule has 0 aliphatic carbocycles.